The third-order valence-corrected chi connectivity index (χ3v) is 5.98. The van der Waals surface area contributed by atoms with Crippen LogP contribution in [-0.4, -0.2) is 33.2 Å². The molecular formula is C17H21N3OS. The van der Waals surface area contributed by atoms with Gasteiger partial charge in [-0.15, -0.1) is 11.3 Å². The monoisotopic (exact) mass is 315 g/mol. The Hall–Kier alpha value is -1.62. The highest BCUT2D eigenvalue weighted by Gasteiger charge is 2.31. The van der Waals surface area contributed by atoms with E-state index in [9.17, 15) is 4.79 Å². The van der Waals surface area contributed by atoms with Gasteiger partial charge in [-0.3, -0.25) is 9.48 Å². The molecule has 2 aromatic heterocycles. The maximum Gasteiger partial charge on any atom is 0.264 e. The fraction of sp³-hybridized carbons (Fsp3) is 0.529. The molecule has 5 heteroatoms. The lowest BCUT2D eigenvalue weighted by Gasteiger charge is -2.24. The van der Waals surface area contributed by atoms with Gasteiger partial charge in [0, 0.05) is 17.6 Å². The highest BCUT2D eigenvalue weighted by Crippen LogP contribution is 2.32. The minimum atomic E-state index is 0.228. The summed E-state index contributed by atoms with van der Waals surface area (Å²) in [6, 6.07) is 2.42. The average Bonchev–Trinajstić information content (AvgIpc) is 3.22. The minimum absolute atomic E-state index is 0.228. The quantitative estimate of drug-likeness (QED) is 0.873. The Balaban J connectivity index is 1.51. The average molecular weight is 315 g/mol. The summed E-state index contributed by atoms with van der Waals surface area (Å²) in [6.07, 6.45) is 9.67. The minimum Gasteiger partial charge on any atom is -0.333 e. The first-order chi connectivity index (χ1) is 10.7. The van der Waals surface area contributed by atoms with E-state index >= 15 is 0 Å². The number of amides is 1. The second-order valence-electron chi connectivity index (χ2n) is 6.45. The summed E-state index contributed by atoms with van der Waals surface area (Å²) in [7, 11) is 0. The molecule has 1 fully saturated rings. The second kappa shape index (κ2) is 5.54. The third-order valence-electron chi connectivity index (χ3n) is 4.76. The van der Waals surface area contributed by atoms with Crippen LogP contribution in [0, 0.1) is 6.92 Å². The van der Waals surface area contributed by atoms with Crippen LogP contribution in [0.5, 0.6) is 0 Å². The van der Waals surface area contributed by atoms with Crippen LogP contribution in [0.2, 0.25) is 0 Å². The van der Waals surface area contributed by atoms with Crippen molar-refractivity contribution < 1.29 is 4.79 Å². The van der Waals surface area contributed by atoms with Gasteiger partial charge in [-0.2, -0.15) is 5.10 Å². The van der Waals surface area contributed by atoms with Gasteiger partial charge in [-0.05, 0) is 56.2 Å². The van der Waals surface area contributed by atoms with Crippen molar-refractivity contribution >= 4 is 17.2 Å². The Bertz CT molecular complexity index is 681. The van der Waals surface area contributed by atoms with Crippen LogP contribution in [-0.2, 0) is 19.4 Å². The van der Waals surface area contributed by atoms with Crippen molar-refractivity contribution in [2.45, 2.75) is 51.6 Å². The molecule has 0 radical (unpaired) electrons. The molecule has 0 aromatic carbocycles. The number of aromatic nitrogens is 2. The number of aryl methyl sites for hydroxylation is 3. The van der Waals surface area contributed by atoms with Crippen LogP contribution in [0.4, 0.5) is 0 Å². The van der Waals surface area contributed by atoms with E-state index in [0.717, 1.165) is 43.6 Å². The molecule has 4 nitrogen and oxygen atoms in total. The molecule has 2 aromatic rings. The molecule has 0 unspecified atom stereocenters. The zero-order valence-electron chi connectivity index (χ0n) is 12.9. The number of hydrogen-bond donors (Lipinski definition) is 0. The molecule has 2 aliphatic rings. The van der Waals surface area contributed by atoms with Gasteiger partial charge in [0.1, 0.15) is 0 Å². The van der Waals surface area contributed by atoms with Crippen molar-refractivity contribution in [2.75, 3.05) is 6.54 Å². The Morgan fingerprint density at radius 2 is 2.32 bits per heavy atom. The summed E-state index contributed by atoms with van der Waals surface area (Å²) < 4.78 is 1.97. The predicted molar refractivity (Wildman–Crippen MR) is 87.4 cm³/mol. The van der Waals surface area contributed by atoms with Crippen molar-refractivity contribution in [3.8, 4) is 0 Å². The number of nitrogens with zero attached hydrogens (tertiary/aromatic N) is 3. The van der Waals surface area contributed by atoms with Gasteiger partial charge in [-0.25, -0.2) is 0 Å². The van der Waals surface area contributed by atoms with Crippen LogP contribution < -0.4 is 0 Å². The first-order valence-electron chi connectivity index (χ1n) is 8.12. The van der Waals surface area contributed by atoms with Crippen molar-refractivity contribution in [1.82, 2.24) is 14.7 Å². The Morgan fingerprint density at radius 1 is 1.41 bits per heavy atom. The van der Waals surface area contributed by atoms with Crippen molar-refractivity contribution in [2.24, 2.45) is 0 Å². The molecule has 1 aliphatic carbocycles. The summed E-state index contributed by atoms with van der Waals surface area (Å²) >= 11 is 1.72. The topological polar surface area (TPSA) is 38.1 Å². The lowest BCUT2D eigenvalue weighted by Crippen LogP contribution is -2.37. The molecule has 1 atom stereocenters. The summed E-state index contributed by atoms with van der Waals surface area (Å²) in [6.45, 7) is 3.74. The normalized spacial score (nSPS) is 20.6. The van der Waals surface area contributed by atoms with E-state index in [1.165, 1.54) is 22.4 Å². The number of hydrogen-bond acceptors (Lipinski definition) is 3. The van der Waals surface area contributed by atoms with E-state index in [4.69, 9.17) is 0 Å². The number of thiophene rings is 1. The van der Waals surface area contributed by atoms with Crippen LogP contribution in [0.15, 0.2) is 18.5 Å². The highest BCUT2D eigenvalue weighted by atomic mass is 32.1. The second-order valence-corrected chi connectivity index (χ2v) is 7.58. The lowest BCUT2D eigenvalue weighted by molar-refractivity contribution is 0.0726. The Morgan fingerprint density at radius 3 is 3.09 bits per heavy atom. The molecule has 3 heterocycles. The van der Waals surface area contributed by atoms with Gasteiger partial charge in [0.2, 0.25) is 0 Å². The van der Waals surface area contributed by atoms with Crippen LogP contribution in [0.25, 0.3) is 0 Å². The number of rotatable bonds is 3. The molecular weight excluding hydrogens is 294 g/mol. The predicted octanol–water partition coefficient (Wildman–Crippen LogP) is 3.05. The summed E-state index contributed by atoms with van der Waals surface area (Å²) in [5.41, 5.74) is 2.58. The Kier molecular flexibility index (Phi) is 3.53. The molecule has 1 amide bonds. The third kappa shape index (κ3) is 2.47. The Labute approximate surface area is 134 Å². The maximum absolute atomic E-state index is 12.9. The van der Waals surface area contributed by atoms with E-state index in [-0.39, 0.29) is 11.9 Å². The largest absolute Gasteiger partial charge is 0.333 e. The van der Waals surface area contributed by atoms with Gasteiger partial charge in [0.05, 0.1) is 23.7 Å². The van der Waals surface area contributed by atoms with E-state index < -0.39 is 0 Å². The number of carbonyl (C=O) groups excluding carboxylic acids is 1. The zero-order valence-corrected chi connectivity index (χ0v) is 13.7. The molecule has 1 aliphatic heterocycles. The van der Waals surface area contributed by atoms with E-state index in [2.05, 4.69) is 22.3 Å². The van der Waals surface area contributed by atoms with Crippen LogP contribution >= 0.6 is 11.3 Å². The smallest absolute Gasteiger partial charge is 0.264 e. The van der Waals surface area contributed by atoms with Crippen molar-refractivity contribution in [3.63, 3.8) is 0 Å². The van der Waals surface area contributed by atoms with Crippen molar-refractivity contribution in [1.29, 1.82) is 0 Å². The summed E-state index contributed by atoms with van der Waals surface area (Å²) in [5, 5.41) is 4.37. The first kappa shape index (κ1) is 14.0. The van der Waals surface area contributed by atoms with E-state index in [0.29, 0.717) is 0 Å². The first-order valence-corrected chi connectivity index (χ1v) is 8.94. The van der Waals surface area contributed by atoms with Crippen LogP contribution in [0.3, 0.4) is 0 Å². The molecule has 1 saturated heterocycles. The number of fused-ring (bicyclic) bond motifs is 1. The zero-order chi connectivity index (χ0) is 15.1. The molecule has 0 N–H and O–H groups in total. The fourth-order valence-corrected chi connectivity index (χ4v) is 4.86. The van der Waals surface area contributed by atoms with Gasteiger partial charge in [0.15, 0.2) is 0 Å². The highest BCUT2D eigenvalue weighted by molar-refractivity contribution is 7.14. The molecule has 116 valence electrons. The van der Waals surface area contributed by atoms with Crippen LogP contribution in [0.1, 0.15) is 44.9 Å². The number of carbonyl (C=O) groups is 1. The van der Waals surface area contributed by atoms with Gasteiger partial charge in [-0.1, -0.05) is 0 Å². The van der Waals surface area contributed by atoms with Gasteiger partial charge >= 0.3 is 0 Å². The van der Waals surface area contributed by atoms with E-state index in [1.807, 2.05) is 17.8 Å². The summed E-state index contributed by atoms with van der Waals surface area (Å²) in [4.78, 5) is 17.3. The molecule has 22 heavy (non-hydrogen) atoms. The SMILES string of the molecule is Cc1cnn(C[C@H]2CCCN2C(=O)c2cc3c(s2)CCC3)c1. The maximum atomic E-state index is 12.9. The fourth-order valence-electron chi connectivity index (χ4n) is 3.65. The van der Waals surface area contributed by atoms with Crippen molar-refractivity contribution in [3.05, 3.63) is 39.3 Å². The molecule has 0 spiro atoms. The van der Waals surface area contributed by atoms with Gasteiger partial charge in [0.25, 0.3) is 5.91 Å². The lowest BCUT2D eigenvalue weighted by atomic mass is 10.2. The summed E-state index contributed by atoms with van der Waals surface area (Å²) in [5.74, 6) is 0.228. The van der Waals surface area contributed by atoms with Gasteiger partial charge < -0.3 is 4.90 Å². The molecule has 0 bridgehead atoms. The molecule has 0 saturated carbocycles. The van der Waals surface area contributed by atoms with E-state index in [1.54, 1.807) is 11.3 Å². The standard InChI is InChI=1S/C17H21N3OS/c1-12-9-18-19(10-12)11-14-5-3-7-20(14)17(21)16-8-13-4-2-6-15(13)22-16/h8-10,14H,2-7,11H2,1H3/t14-/m1/s1. The number of likely N-dealkylation sites (tertiary alicyclic amines) is 1. The molecule has 4 rings (SSSR count).